The van der Waals surface area contributed by atoms with E-state index in [1.54, 1.807) is 0 Å². The molecule has 3 rings (SSSR count). The minimum atomic E-state index is -0.386. The third kappa shape index (κ3) is 2.73. The Morgan fingerprint density at radius 3 is 2.11 bits per heavy atom. The average molecular weight is 253 g/mol. The van der Waals surface area contributed by atoms with Crippen molar-refractivity contribution in [3.63, 3.8) is 0 Å². The molecule has 0 unspecified atom stereocenters. The Balaban J connectivity index is 1.49. The molecule has 1 aliphatic carbocycles. The van der Waals surface area contributed by atoms with Gasteiger partial charge in [-0.25, -0.2) is 0 Å². The molecule has 3 fully saturated rings. The molecule has 0 bridgehead atoms. The molecule has 0 aromatic heterocycles. The largest absolute Gasteiger partial charge is 0.389 e. The molecule has 3 nitrogen and oxygen atoms in total. The zero-order valence-electron chi connectivity index (χ0n) is 11.5. The van der Waals surface area contributed by atoms with Crippen molar-refractivity contribution in [1.29, 1.82) is 0 Å². The van der Waals surface area contributed by atoms with E-state index in [9.17, 15) is 5.11 Å². The van der Waals surface area contributed by atoms with Crippen LogP contribution in [-0.4, -0.2) is 48.5 Å². The van der Waals surface area contributed by atoms with Gasteiger partial charge in [0, 0.05) is 38.3 Å². The van der Waals surface area contributed by atoms with Gasteiger partial charge >= 0.3 is 0 Å². The standard InChI is InChI=1S/C15H27NO2/c17-15(5-3-1-2-4-6-15)13-16-11-14(12-16)7-9-18-10-8-14/h17H,1-13H2. The van der Waals surface area contributed by atoms with Crippen molar-refractivity contribution >= 4 is 0 Å². The average Bonchev–Trinajstić information content (AvgIpc) is 2.54. The summed E-state index contributed by atoms with van der Waals surface area (Å²) in [5, 5.41) is 10.7. The quantitative estimate of drug-likeness (QED) is 0.766. The molecule has 3 aliphatic rings. The lowest BCUT2D eigenvalue weighted by molar-refractivity contribution is -0.112. The van der Waals surface area contributed by atoms with Crippen LogP contribution >= 0.6 is 0 Å². The highest BCUT2D eigenvalue weighted by atomic mass is 16.5. The van der Waals surface area contributed by atoms with Gasteiger partial charge in [-0.05, 0) is 25.7 Å². The third-order valence-corrected chi connectivity index (χ3v) is 5.22. The van der Waals surface area contributed by atoms with Crippen LogP contribution in [0.25, 0.3) is 0 Å². The van der Waals surface area contributed by atoms with E-state index in [1.807, 2.05) is 0 Å². The van der Waals surface area contributed by atoms with E-state index >= 15 is 0 Å². The summed E-state index contributed by atoms with van der Waals surface area (Å²) in [6.45, 7) is 5.18. The van der Waals surface area contributed by atoms with Gasteiger partial charge in [-0.15, -0.1) is 0 Å². The molecular weight excluding hydrogens is 226 g/mol. The summed E-state index contributed by atoms with van der Waals surface area (Å²) in [7, 11) is 0. The van der Waals surface area contributed by atoms with Gasteiger partial charge in [-0.1, -0.05) is 25.7 Å². The first-order valence-electron chi connectivity index (χ1n) is 7.72. The van der Waals surface area contributed by atoms with E-state index in [1.165, 1.54) is 51.6 Å². The SMILES string of the molecule is OC1(CN2CC3(CCOCC3)C2)CCCCCC1. The van der Waals surface area contributed by atoms with Crippen LogP contribution in [0, 0.1) is 5.41 Å². The molecule has 2 saturated heterocycles. The van der Waals surface area contributed by atoms with Crippen LogP contribution in [0.1, 0.15) is 51.4 Å². The van der Waals surface area contributed by atoms with Crippen molar-refractivity contribution in [1.82, 2.24) is 4.90 Å². The summed E-state index contributed by atoms with van der Waals surface area (Å²) >= 11 is 0. The number of β-amino-alcohol motifs (C(OH)–C–C–N with tert-alkyl or cyclic N) is 1. The van der Waals surface area contributed by atoms with Crippen molar-refractivity contribution in [2.75, 3.05) is 32.8 Å². The van der Waals surface area contributed by atoms with Crippen LogP contribution in [0.2, 0.25) is 0 Å². The maximum Gasteiger partial charge on any atom is 0.0774 e. The number of likely N-dealkylation sites (tertiary alicyclic amines) is 1. The molecule has 1 N–H and O–H groups in total. The second-order valence-corrected chi connectivity index (χ2v) is 6.90. The topological polar surface area (TPSA) is 32.7 Å². The first kappa shape index (κ1) is 12.9. The Labute approximate surface area is 110 Å². The van der Waals surface area contributed by atoms with E-state index in [4.69, 9.17) is 4.74 Å². The van der Waals surface area contributed by atoms with Crippen LogP contribution < -0.4 is 0 Å². The van der Waals surface area contributed by atoms with Crippen LogP contribution in [0.3, 0.4) is 0 Å². The van der Waals surface area contributed by atoms with Crippen molar-refractivity contribution < 1.29 is 9.84 Å². The molecule has 1 saturated carbocycles. The van der Waals surface area contributed by atoms with Gasteiger partial charge in [0.1, 0.15) is 0 Å². The molecule has 0 aromatic carbocycles. The highest BCUT2D eigenvalue weighted by molar-refractivity contribution is 4.99. The maximum absolute atomic E-state index is 10.7. The summed E-state index contributed by atoms with van der Waals surface area (Å²) in [5.74, 6) is 0. The Kier molecular flexibility index (Phi) is 3.65. The summed E-state index contributed by atoms with van der Waals surface area (Å²) < 4.78 is 5.45. The predicted octanol–water partition coefficient (Wildman–Crippen LogP) is 2.18. The van der Waals surface area contributed by atoms with Gasteiger partial charge in [0.2, 0.25) is 0 Å². The van der Waals surface area contributed by atoms with Crippen LogP contribution in [-0.2, 0) is 4.74 Å². The third-order valence-electron chi connectivity index (χ3n) is 5.22. The molecule has 0 amide bonds. The lowest BCUT2D eigenvalue weighted by Gasteiger charge is -2.54. The van der Waals surface area contributed by atoms with Crippen LogP contribution in [0.15, 0.2) is 0 Å². The molecule has 2 aliphatic heterocycles. The van der Waals surface area contributed by atoms with E-state index in [-0.39, 0.29) is 5.60 Å². The lowest BCUT2D eigenvalue weighted by Crippen LogP contribution is -2.61. The van der Waals surface area contributed by atoms with E-state index in [0.717, 1.165) is 32.6 Å². The second kappa shape index (κ2) is 5.10. The lowest BCUT2D eigenvalue weighted by atomic mass is 9.72. The minimum absolute atomic E-state index is 0.386. The summed E-state index contributed by atoms with van der Waals surface area (Å²) in [5.41, 5.74) is 0.155. The fraction of sp³-hybridized carbons (Fsp3) is 1.00. The molecule has 0 radical (unpaired) electrons. The van der Waals surface area contributed by atoms with Gasteiger partial charge in [0.05, 0.1) is 5.60 Å². The molecular formula is C15H27NO2. The number of nitrogens with zero attached hydrogens (tertiary/aromatic N) is 1. The number of hydrogen-bond acceptors (Lipinski definition) is 3. The molecule has 0 aromatic rings. The van der Waals surface area contributed by atoms with Crippen molar-refractivity contribution in [2.45, 2.75) is 57.0 Å². The van der Waals surface area contributed by atoms with Crippen molar-refractivity contribution in [2.24, 2.45) is 5.41 Å². The van der Waals surface area contributed by atoms with Gasteiger partial charge in [-0.3, -0.25) is 4.90 Å². The highest BCUT2D eigenvalue weighted by Gasteiger charge is 2.45. The van der Waals surface area contributed by atoms with Crippen LogP contribution in [0.4, 0.5) is 0 Å². The number of rotatable bonds is 2. The number of hydrogen-bond donors (Lipinski definition) is 1. The highest BCUT2D eigenvalue weighted by Crippen LogP contribution is 2.41. The zero-order valence-corrected chi connectivity index (χ0v) is 11.5. The van der Waals surface area contributed by atoms with Crippen molar-refractivity contribution in [3.05, 3.63) is 0 Å². The Morgan fingerprint density at radius 1 is 0.889 bits per heavy atom. The molecule has 3 heteroatoms. The van der Waals surface area contributed by atoms with Gasteiger partial charge in [0.25, 0.3) is 0 Å². The number of aliphatic hydroxyl groups is 1. The normalized spacial score (nSPS) is 31.8. The fourth-order valence-corrected chi connectivity index (χ4v) is 4.10. The zero-order chi connectivity index (χ0) is 12.5. The molecule has 18 heavy (non-hydrogen) atoms. The summed E-state index contributed by atoms with van der Waals surface area (Å²) in [4.78, 5) is 2.48. The monoisotopic (exact) mass is 253 g/mol. The molecule has 1 spiro atoms. The summed E-state index contributed by atoms with van der Waals surface area (Å²) in [6, 6.07) is 0. The van der Waals surface area contributed by atoms with Gasteiger partial charge < -0.3 is 9.84 Å². The fourth-order valence-electron chi connectivity index (χ4n) is 4.10. The molecule has 2 heterocycles. The van der Waals surface area contributed by atoms with E-state index in [2.05, 4.69) is 4.90 Å². The Morgan fingerprint density at radius 2 is 1.50 bits per heavy atom. The molecule has 104 valence electrons. The first-order chi connectivity index (χ1) is 8.70. The first-order valence-corrected chi connectivity index (χ1v) is 7.72. The van der Waals surface area contributed by atoms with Gasteiger partial charge in [-0.2, -0.15) is 0 Å². The maximum atomic E-state index is 10.7. The Hall–Kier alpha value is -0.120. The van der Waals surface area contributed by atoms with E-state index in [0.29, 0.717) is 5.41 Å². The second-order valence-electron chi connectivity index (χ2n) is 6.90. The number of ether oxygens (including phenoxy) is 1. The van der Waals surface area contributed by atoms with Gasteiger partial charge in [0.15, 0.2) is 0 Å². The minimum Gasteiger partial charge on any atom is -0.389 e. The van der Waals surface area contributed by atoms with E-state index < -0.39 is 0 Å². The smallest absolute Gasteiger partial charge is 0.0774 e. The van der Waals surface area contributed by atoms with Crippen LogP contribution in [0.5, 0.6) is 0 Å². The molecule has 0 atom stereocenters. The summed E-state index contributed by atoms with van der Waals surface area (Å²) in [6.07, 6.45) is 9.52. The Bertz CT molecular complexity index is 270. The van der Waals surface area contributed by atoms with Crippen molar-refractivity contribution in [3.8, 4) is 0 Å². The predicted molar refractivity (Wildman–Crippen MR) is 71.6 cm³/mol.